The number of piperazine rings is 1. The van der Waals surface area contributed by atoms with Gasteiger partial charge in [0, 0.05) is 58.9 Å². The number of carbonyl (C=O) groups is 4. The van der Waals surface area contributed by atoms with E-state index in [1.54, 1.807) is 30.6 Å². The van der Waals surface area contributed by atoms with Crippen molar-refractivity contribution in [3.05, 3.63) is 37.4 Å². The maximum Gasteiger partial charge on any atom is 0.410 e. The lowest BCUT2D eigenvalue weighted by molar-refractivity contribution is -0.185. The Morgan fingerprint density at radius 3 is 2.28 bits per heavy atom. The van der Waals surface area contributed by atoms with E-state index in [-0.39, 0.29) is 0 Å². The van der Waals surface area contributed by atoms with E-state index >= 15 is 0 Å². The van der Waals surface area contributed by atoms with Gasteiger partial charge < -0.3 is 38.7 Å². The number of fused-ring (bicyclic) bond motifs is 1. The van der Waals surface area contributed by atoms with Gasteiger partial charge in [0.15, 0.2) is 24.6 Å². The van der Waals surface area contributed by atoms with E-state index in [1.807, 2.05) is 18.2 Å². The van der Waals surface area contributed by atoms with Gasteiger partial charge >= 0.3 is 12.1 Å². The van der Waals surface area contributed by atoms with Crippen molar-refractivity contribution in [2.24, 2.45) is 0 Å². The quantitative estimate of drug-likeness (QED) is 0.177. The number of esters is 1. The van der Waals surface area contributed by atoms with Crippen molar-refractivity contribution >= 4 is 41.1 Å². The predicted molar refractivity (Wildman–Crippen MR) is 180 cm³/mol. The molecule has 2 amide bonds. The number of ether oxygens (including phenoxy) is 3. The smallest absolute Gasteiger partial charge is 0.410 e. The summed E-state index contributed by atoms with van der Waals surface area (Å²) in [7, 11) is 0. The molecule has 258 valence electrons. The highest BCUT2D eigenvalue weighted by Crippen LogP contribution is 2.33. The van der Waals surface area contributed by atoms with Gasteiger partial charge in [0.25, 0.3) is 5.91 Å². The molecule has 13 heteroatoms. The van der Waals surface area contributed by atoms with Crippen molar-refractivity contribution in [2.75, 3.05) is 80.2 Å². The number of anilines is 3. The Bertz CT molecular complexity index is 1320. The van der Waals surface area contributed by atoms with Gasteiger partial charge in [-0.05, 0) is 59.6 Å². The first-order valence-electron chi connectivity index (χ1n) is 16.5. The third kappa shape index (κ3) is 8.43. The summed E-state index contributed by atoms with van der Waals surface area (Å²) in [5.41, 5.74) is 0.235. The average molecular weight is 655 g/mol. The van der Waals surface area contributed by atoms with E-state index in [9.17, 15) is 19.2 Å². The molecule has 1 aromatic rings. The third-order valence-electron chi connectivity index (χ3n) is 8.54. The van der Waals surface area contributed by atoms with Crippen LogP contribution in [-0.2, 0) is 28.6 Å². The van der Waals surface area contributed by atoms with Crippen molar-refractivity contribution in [1.82, 2.24) is 14.8 Å². The molecular weight excluding hydrogens is 604 g/mol. The van der Waals surface area contributed by atoms with Crippen molar-refractivity contribution in [3.8, 4) is 0 Å². The molecule has 4 rings (SSSR count). The van der Waals surface area contributed by atoms with Crippen LogP contribution in [0.5, 0.6) is 0 Å². The Kier molecular flexibility index (Phi) is 11.9. The monoisotopic (exact) mass is 654 g/mol. The summed E-state index contributed by atoms with van der Waals surface area (Å²) >= 11 is 0. The van der Waals surface area contributed by atoms with E-state index in [1.165, 1.54) is 0 Å². The molecule has 0 radical (unpaired) electrons. The van der Waals surface area contributed by atoms with Gasteiger partial charge in [0.1, 0.15) is 5.82 Å². The van der Waals surface area contributed by atoms with Crippen LogP contribution in [0.2, 0.25) is 0 Å². The minimum atomic E-state index is -1.34. The molecule has 0 saturated carbocycles. The molecule has 3 aliphatic heterocycles. The molecule has 0 spiro atoms. The SMILES string of the molecule is C=CCN(CC)c1ccc(N(CC)CC=C)c(N2CCN(C(=O)OCC(=O)OC3C(=O)C(OC(C)(C)C)C(=O)N4CCCC34)CC2)n1. The number of Topliss-reactive ketones (excluding diaryl/α,β-unsaturated/α-hetero) is 1. The number of carbonyl (C=O) groups excluding carboxylic acids is 4. The summed E-state index contributed by atoms with van der Waals surface area (Å²) in [6.07, 6.45) is 1.79. The zero-order valence-electron chi connectivity index (χ0n) is 28.5. The number of nitrogens with zero attached hydrogens (tertiary/aromatic N) is 6. The van der Waals surface area contributed by atoms with Gasteiger partial charge in [0.05, 0.1) is 17.3 Å². The number of hydrogen-bond acceptors (Lipinski definition) is 11. The van der Waals surface area contributed by atoms with Crippen LogP contribution in [-0.4, -0.2) is 128 Å². The molecule has 3 fully saturated rings. The number of amides is 2. The highest BCUT2D eigenvalue weighted by molar-refractivity contribution is 6.09. The predicted octanol–water partition coefficient (Wildman–Crippen LogP) is 3.03. The minimum absolute atomic E-state index is 0.364. The summed E-state index contributed by atoms with van der Waals surface area (Å²) in [5, 5.41) is 0. The van der Waals surface area contributed by atoms with E-state index in [0.29, 0.717) is 58.7 Å². The second-order valence-corrected chi connectivity index (χ2v) is 12.9. The van der Waals surface area contributed by atoms with Gasteiger partial charge in [0.2, 0.25) is 5.78 Å². The Morgan fingerprint density at radius 2 is 1.66 bits per heavy atom. The highest BCUT2D eigenvalue weighted by Gasteiger charge is 2.53. The van der Waals surface area contributed by atoms with Crippen LogP contribution >= 0.6 is 0 Å². The van der Waals surface area contributed by atoms with Gasteiger partial charge in [-0.15, -0.1) is 13.2 Å². The molecule has 47 heavy (non-hydrogen) atoms. The molecule has 3 saturated heterocycles. The van der Waals surface area contributed by atoms with E-state index in [2.05, 4.69) is 47.8 Å². The van der Waals surface area contributed by atoms with E-state index < -0.39 is 54.2 Å². The van der Waals surface area contributed by atoms with Gasteiger partial charge in [-0.1, -0.05) is 12.2 Å². The normalized spacial score (nSPS) is 21.3. The summed E-state index contributed by atoms with van der Waals surface area (Å²) in [6.45, 7) is 21.7. The lowest BCUT2D eigenvalue weighted by atomic mass is 9.94. The van der Waals surface area contributed by atoms with Crippen molar-refractivity contribution < 1.29 is 33.4 Å². The molecule has 4 heterocycles. The number of ketones is 1. The lowest BCUT2D eigenvalue weighted by Crippen LogP contribution is -2.63. The number of hydrogen-bond donors (Lipinski definition) is 0. The molecule has 0 N–H and O–H groups in total. The molecular formula is C34H50N6O7. The minimum Gasteiger partial charge on any atom is -0.449 e. The third-order valence-corrected chi connectivity index (χ3v) is 8.54. The topological polar surface area (TPSA) is 125 Å². The first kappa shape index (κ1) is 35.7. The molecule has 13 nitrogen and oxygen atoms in total. The van der Waals surface area contributed by atoms with E-state index in [4.69, 9.17) is 19.2 Å². The Balaban J connectivity index is 1.37. The maximum absolute atomic E-state index is 13.3. The highest BCUT2D eigenvalue weighted by atomic mass is 16.6. The Morgan fingerprint density at radius 1 is 1.00 bits per heavy atom. The van der Waals surface area contributed by atoms with Crippen molar-refractivity contribution in [1.29, 1.82) is 0 Å². The maximum atomic E-state index is 13.3. The largest absolute Gasteiger partial charge is 0.449 e. The van der Waals surface area contributed by atoms with Crippen molar-refractivity contribution in [3.63, 3.8) is 0 Å². The number of likely N-dealkylation sites (N-methyl/N-ethyl adjacent to an activating group) is 2. The average Bonchev–Trinajstić information content (AvgIpc) is 3.55. The molecule has 0 aliphatic carbocycles. The van der Waals surface area contributed by atoms with Crippen LogP contribution in [0.25, 0.3) is 0 Å². The van der Waals surface area contributed by atoms with Crippen LogP contribution in [0.4, 0.5) is 22.1 Å². The number of aromatic nitrogens is 1. The second kappa shape index (κ2) is 15.6. The molecule has 3 unspecified atom stereocenters. The van der Waals surface area contributed by atoms with Crippen molar-refractivity contribution in [2.45, 2.75) is 71.3 Å². The molecule has 0 bridgehead atoms. The molecule has 1 aromatic heterocycles. The summed E-state index contributed by atoms with van der Waals surface area (Å²) in [4.78, 5) is 66.7. The van der Waals surface area contributed by atoms with Crippen LogP contribution in [0.1, 0.15) is 47.5 Å². The fourth-order valence-corrected chi connectivity index (χ4v) is 6.26. The van der Waals surface area contributed by atoms with Crippen LogP contribution in [0.3, 0.4) is 0 Å². The van der Waals surface area contributed by atoms with Crippen LogP contribution < -0.4 is 14.7 Å². The van der Waals surface area contributed by atoms with Gasteiger partial charge in [-0.3, -0.25) is 9.59 Å². The number of rotatable bonds is 13. The second-order valence-electron chi connectivity index (χ2n) is 12.9. The fourth-order valence-electron chi connectivity index (χ4n) is 6.26. The zero-order chi connectivity index (χ0) is 34.3. The van der Waals surface area contributed by atoms with Crippen LogP contribution in [0.15, 0.2) is 37.4 Å². The number of piperidine rings is 1. The van der Waals surface area contributed by atoms with E-state index in [0.717, 1.165) is 30.4 Å². The lowest BCUT2D eigenvalue weighted by Gasteiger charge is -2.40. The molecule has 3 aliphatic rings. The van der Waals surface area contributed by atoms with Crippen LogP contribution in [0, 0.1) is 0 Å². The standard InChI is InChI=1S/C34H50N6O7/c1-8-16-36(10-3)25-14-15-26(37(11-4)17-9-2)35-31(25)38-19-21-39(22-20-38)33(44)45-23-27(41)46-29-24-13-12-18-40(24)32(43)30(28(29)42)47-34(5,6)7/h8-9,14-15,24,29-30H,1-2,10-13,16-23H2,3-7H3. The van der Waals surface area contributed by atoms with Gasteiger partial charge in [-0.2, -0.15) is 0 Å². The molecule has 3 atom stereocenters. The summed E-state index contributed by atoms with van der Waals surface area (Å²) in [6, 6.07) is 3.55. The zero-order valence-corrected chi connectivity index (χ0v) is 28.5. The Hall–Kier alpha value is -4.13. The summed E-state index contributed by atoms with van der Waals surface area (Å²) < 4.78 is 16.6. The summed E-state index contributed by atoms with van der Waals surface area (Å²) in [5.74, 6) is -0.155. The Labute approximate surface area is 278 Å². The fraction of sp³-hybridized carbons (Fsp3) is 0.618. The first-order chi connectivity index (χ1) is 22.4. The first-order valence-corrected chi connectivity index (χ1v) is 16.5. The van der Waals surface area contributed by atoms with Gasteiger partial charge in [-0.25, -0.2) is 14.6 Å². The molecule has 0 aromatic carbocycles. The number of pyridine rings is 1.